The summed E-state index contributed by atoms with van der Waals surface area (Å²) in [4.78, 5) is 25.8. The quantitative estimate of drug-likeness (QED) is 0.645. The molecule has 0 aromatic heterocycles. The Labute approximate surface area is 185 Å². The van der Waals surface area contributed by atoms with E-state index in [2.05, 4.69) is 10.6 Å². The summed E-state index contributed by atoms with van der Waals surface area (Å²) in [6.07, 6.45) is -0.0500. The zero-order valence-corrected chi connectivity index (χ0v) is 18.9. The highest BCUT2D eigenvalue weighted by atomic mass is 35.5. The van der Waals surface area contributed by atoms with Crippen LogP contribution in [-0.2, 0) is 19.6 Å². The van der Waals surface area contributed by atoms with Gasteiger partial charge in [-0.1, -0.05) is 31.5 Å². The fourth-order valence-corrected chi connectivity index (χ4v) is 5.85. The van der Waals surface area contributed by atoms with Gasteiger partial charge in [0.25, 0.3) is 0 Å². The van der Waals surface area contributed by atoms with Gasteiger partial charge >= 0.3 is 0 Å². The molecule has 2 aromatic rings. The maximum atomic E-state index is 12.7. The van der Waals surface area contributed by atoms with Crippen molar-refractivity contribution < 1.29 is 18.0 Å². The topological polar surface area (TPSA) is 95.6 Å². The van der Waals surface area contributed by atoms with Gasteiger partial charge in [0.15, 0.2) is 0 Å². The second-order valence-electron chi connectivity index (χ2n) is 6.61. The fraction of sp³-hybridized carbons (Fsp3) is 0.300. The van der Waals surface area contributed by atoms with E-state index >= 15 is 0 Å². The van der Waals surface area contributed by atoms with Gasteiger partial charge in [0, 0.05) is 35.1 Å². The van der Waals surface area contributed by atoms with Crippen LogP contribution in [0.5, 0.6) is 0 Å². The fourth-order valence-electron chi connectivity index (χ4n) is 3.08. The van der Waals surface area contributed by atoms with E-state index < -0.39 is 15.3 Å². The Kier molecular flexibility index (Phi) is 7.07. The largest absolute Gasteiger partial charge is 0.326 e. The highest BCUT2D eigenvalue weighted by molar-refractivity contribution is 8.01. The molecule has 1 heterocycles. The number of sulfonamides is 1. The summed E-state index contributed by atoms with van der Waals surface area (Å²) in [5.41, 5.74) is 0.991. The molecule has 1 atom stereocenters. The summed E-state index contributed by atoms with van der Waals surface area (Å²) in [7, 11) is -3.63. The predicted octanol–water partition coefficient (Wildman–Crippen LogP) is 3.81. The monoisotopic (exact) mass is 467 g/mol. The van der Waals surface area contributed by atoms with Crippen molar-refractivity contribution in [3.05, 3.63) is 47.5 Å². The molecular weight excluding hydrogens is 446 g/mol. The Morgan fingerprint density at radius 3 is 2.63 bits per heavy atom. The minimum Gasteiger partial charge on any atom is -0.326 e. The van der Waals surface area contributed by atoms with Crippen LogP contribution in [0.15, 0.2) is 52.3 Å². The van der Waals surface area contributed by atoms with E-state index in [1.54, 1.807) is 44.2 Å². The molecule has 0 saturated heterocycles. The maximum Gasteiger partial charge on any atom is 0.243 e. The van der Waals surface area contributed by atoms with Gasteiger partial charge in [0.1, 0.15) is 0 Å². The average molecular weight is 468 g/mol. The van der Waals surface area contributed by atoms with E-state index in [4.69, 9.17) is 11.6 Å². The van der Waals surface area contributed by atoms with Crippen LogP contribution in [-0.4, -0.2) is 42.9 Å². The van der Waals surface area contributed by atoms with Crippen molar-refractivity contribution in [1.82, 2.24) is 4.31 Å². The molecule has 7 nitrogen and oxygen atoms in total. The van der Waals surface area contributed by atoms with E-state index in [0.717, 1.165) is 4.90 Å². The van der Waals surface area contributed by atoms with Crippen LogP contribution >= 0.6 is 23.4 Å². The van der Waals surface area contributed by atoms with Crippen LogP contribution in [0.4, 0.5) is 11.4 Å². The number of rotatable bonds is 7. The normalized spacial score (nSPS) is 16.1. The zero-order valence-electron chi connectivity index (χ0n) is 16.5. The van der Waals surface area contributed by atoms with Crippen LogP contribution in [0.1, 0.15) is 20.3 Å². The number of benzene rings is 2. The first-order valence-electron chi connectivity index (χ1n) is 9.41. The van der Waals surface area contributed by atoms with Gasteiger partial charge in [0.2, 0.25) is 21.8 Å². The Morgan fingerprint density at radius 2 is 1.93 bits per heavy atom. The Hall–Kier alpha value is -2.07. The molecular formula is C20H22ClN3O4S2. The summed E-state index contributed by atoms with van der Waals surface area (Å²) in [5.74, 6) is -0.653. The standard InChI is InChI=1S/C20H22ClN3O4S2/c1-3-24(4-2)30(27,28)15-7-5-6-14(11-15)22-19(25)12-18-20(26)23-16-10-13(21)8-9-17(16)29-18/h5-11,18H,3-4,12H2,1-2H3,(H,22,25)(H,23,26). The minimum absolute atomic E-state index is 0.0500. The number of amides is 2. The second-order valence-corrected chi connectivity index (χ2v) is 10.2. The molecule has 0 aliphatic carbocycles. The van der Waals surface area contributed by atoms with Crippen LogP contribution in [0, 0.1) is 0 Å². The molecule has 1 aliphatic heterocycles. The van der Waals surface area contributed by atoms with Crippen molar-refractivity contribution >= 4 is 56.6 Å². The van der Waals surface area contributed by atoms with Crippen molar-refractivity contribution in [2.24, 2.45) is 0 Å². The summed E-state index contributed by atoms with van der Waals surface area (Å²) < 4.78 is 26.7. The molecule has 160 valence electrons. The van der Waals surface area contributed by atoms with Gasteiger partial charge in [-0.15, -0.1) is 11.8 Å². The van der Waals surface area contributed by atoms with Gasteiger partial charge in [-0.25, -0.2) is 8.42 Å². The molecule has 2 N–H and O–H groups in total. The Bertz CT molecular complexity index is 1070. The molecule has 0 saturated carbocycles. The summed E-state index contributed by atoms with van der Waals surface area (Å²) in [6.45, 7) is 4.25. The van der Waals surface area contributed by atoms with E-state index in [1.165, 1.54) is 28.2 Å². The number of fused-ring (bicyclic) bond motifs is 1. The summed E-state index contributed by atoms with van der Waals surface area (Å²) in [5, 5.41) is 5.38. The number of carbonyl (C=O) groups is 2. The third kappa shape index (κ3) is 4.97. The van der Waals surface area contributed by atoms with E-state index in [9.17, 15) is 18.0 Å². The third-order valence-corrected chi connectivity index (χ3v) is 8.15. The molecule has 0 spiro atoms. The smallest absolute Gasteiger partial charge is 0.243 e. The SMILES string of the molecule is CCN(CC)S(=O)(=O)c1cccc(NC(=O)CC2Sc3ccc(Cl)cc3NC2=O)c1. The summed E-state index contributed by atoms with van der Waals surface area (Å²) >= 11 is 7.24. The van der Waals surface area contributed by atoms with Crippen molar-refractivity contribution in [3.63, 3.8) is 0 Å². The lowest BCUT2D eigenvalue weighted by Gasteiger charge is -2.24. The first kappa shape index (κ1) is 22.6. The highest BCUT2D eigenvalue weighted by Gasteiger charge is 2.29. The molecule has 10 heteroatoms. The highest BCUT2D eigenvalue weighted by Crippen LogP contribution is 2.38. The number of nitrogens with one attached hydrogen (secondary N) is 2. The predicted molar refractivity (Wildman–Crippen MR) is 120 cm³/mol. The molecule has 3 rings (SSSR count). The molecule has 0 fully saturated rings. The molecule has 0 bridgehead atoms. The van der Waals surface area contributed by atoms with Gasteiger partial charge in [-0.2, -0.15) is 4.31 Å². The number of hydrogen-bond acceptors (Lipinski definition) is 5. The van der Waals surface area contributed by atoms with E-state index in [1.807, 2.05) is 0 Å². The van der Waals surface area contributed by atoms with E-state index in [0.29, 0.717) is 29.5 Å². The first-order chi connectivity index (χ1) is 14.2. The van der Waals surface area contributed by atoms with Gasteiger partial charge in [0.05, 0.1) is 15.8 Å². The average Bonchev–Trinajstić information content (AvgIpc) is 2.69. The van der Waals surface area contributed by atoms with E-state index in [-0.39, 0.29) is 23.1 Å². The van der Waals surface area contributed by atoms with Crippen LogP contribution in [0.2, 0.25) is 5.02 Å². The molecule has 2 aromatic carbocycles. The number of nitrogens with zero attached hydrogens (tertiary/aromatic N) is 1. The van der Waals surface area contributed by atoms with Crippen molar-refractivity contribution in [3.8, 4) is 0 Å². The first-order valence-corrected chi connectivity index (χ1v) is 12.1. The number of thioether (sulfide) groups is 1. The second kappa shape index (κ2) is 9.38. The van der Waals surface area contributed by atoms with Crippen molar-refractivity contribution in [2.45, 2.75) is 35.3 Å². The maximum absolute atomic E-state index is 12.7. The van der Waals surface area contributed by atoms with Crippen LogP contribution in [0.3, 0.4) is 0 Å². The lowest BCUT2D eigenvalue weighted by molar-refractivity contribution is -0.120. The third-order valence-electron chi connectivity index (χ3n) is 4.59. The summed E-state index contributed by atoms with van der Waals surface area (Å²) in [6, 6.07) is 11.3. The van der Waals surface area contributed by atoms with Gasteiger partial charge in [-0.05, 0) is 36.4 Å². The van der Waals surface area contributed by atoms with Crippen LogP contribution < -0.4 is 10.6 Å². The van der Waals surface area contributed by atoms with Crippen molar-refractivity contribution in [1.29, 1.82) is 0 Å². The van der Waals surface area contributed by atoms with Crippen LogP contribution in [0.25, 0.3) is 0 Å². The number of carbonyl (C=O) groups excluding carboxylic acids is 2. The Balaban J connectivity index is 1.70. The molecule has 1 aliphatic rings. The van der Waals surface area contributed by atoms with Crippen molar-refractivity contribution in [2.75, 3.05) is 23.7 Å². The number of hydrogen-bond donors (Lipinski definition) is 2. The molecule has 2 amide bonds. The number of anilines is 2. The van der Waals surface area contributed by atoms with Gasteiger partial charge in [-0.3, -0.25) is 9.59 Å². The molecule has 30 heavy (non-hydrogen) atoms. The molecule has 0 radical (unpaired) electrons. The Morgan fingerprint density at radius 1 is 1.20 bits per heavy atom. The lowest BCUT2D eigenvalue weighted by Crippen LogP contribution is -2.32. The molecule has 1 unspecified atom stereocenters. The minimum atomic E-state index is -3.63. The lowest BCUT2D eigenvalue weighted by atomic mass is 10.2. The van der Waals surface area contributed by atoms with Gasteiger partial charge < -0.3 is 10.6 Å². The number of halogens is 1. The zero-order chi connectivity index (χ0) is 21.9.